The first-order valence-electron chi connectivity index (χ1n) is 8.93. The summed E-state index contributed by atoms with van der Waals surface area (Å²) in [5, 5.41) is 11.1. The molecule has 0 spiro atoms. The number of rotatable bonds is 4. The lowest BCUT2D eigenvalue weighted by Gasteiger charge is -2.29. The molecule has 2 fully saturated rings. The largest absolute Gasteiger partial charge is 0.548 e. The average molecular weight is 379 g/mol. The number of amides is 1. The van der Waals surface area contributed by atoms with Crippen molar-refractivity contribution < 1.29 is 23.1 Å². The minimum absolute atomic E-state index is 0.154. The van der Waals surface area contributed by atoms with Crippen LogP contribution in [0, 0.1) is 5.92 Å². The van der Waals surface area contributed by atoms with E-state index in [1.54, 1.807) is 0 Å². The fourth-order valence-electron chi connectivity index (χ4n) is 3.56. The van der Waals surface area contributed by atoms with Gasteiger partial charge in [-0.3, -0.25) is 4.79 Å². The van der Waals surface area contributed by atoms with E-state index in [0.29, 0.717) is 38.4 Å². The fraction of sp³-hybridized carbons (Fsp3) is 0.556. The van der Waals surface area contributed by atoms with E-state index in [1.165, 1.54) is 33.5 Å². The molecule has 0 aromatic heterocycles. The van der Waals surface area contributed by atoms with Crippen LogP contribution in [-0.2, 0) is 14.8 Å². The van der Waals surface area contributed by atoms with Gasteiger partial charge in [0.2, 0.25) is 10.0 Å². The van der Waals surface area contributed by atoms with E-state index in [1.807, 2.05) is 0 Å². The Morgan fingerprint density at radius 1 is 1.04 bits per heavy atom. The van der Waals surface area contributed by atoms with E-state index in [2.05, 4.69) is 6.92 Å². The molecule has 3 rings (SSSR count). The van der Waals surface area contributed by atoms with Crippen LogP contribution in [0.25, 0.3) is 0 Å². The Bertz CT molecular complexity index is 782. The highest BCUT2D eigenvalue weighted by molar-refractivity contribution is 7.89. The molecule has 1 amide bonds. The molecule has 2 saturated heterocycles. The monoisotopic (exact) mass is 379 g/mol. The Labute approximate surface area is 153 Å². The Balaban J connectivity index is 1.76. The third-order valence-electron chi connectivity index (χ3n) is 5.27. The molecule has 8 heteroatoms. The van der Waals surface area contributed by atoms with Gasteiger partial charge in [-0.2, -0.15) is 4.31 Å². The van der Waals surface area contributed by atoms with Crippen molar-refractivity contribution >= 4 is 21.9 Å². The molecular weight excluding hydrogens is 356 g/mol. The van der Waals surface area contributed by atoms with Crippen molar-refractivity contribution in [1.82, 2.24) is 9.21 Å². The number of nitrogens with zero attached hydrogens (tertiary/aromatic N) is 2. The molecule has 0 unspecified atom stereocenters. The number of carbonyl (C=O) groups is 2. The van der Waals surface area contributed by atoms with E-state index in [-0.39, 0.29) is 10.5 Å². The van der Waals surface area contributed by atoms with Gasteiger partial charge in [-0.05, 0) is 55.9 Å². The van der Waals surface area contributed by atoms with Crippen LogP contribution >= 0.6 is 0 Å². The average Bonchev–Trinajstić information content (AvgIpc) is 3.11. The zero-order valence-corrected chi connectivity index (χ0v) is 15.6. The van der Waals surface area contributed by atoms with Gasteiger partial charge in [-0.1, -0.05) is 6.92 Å². The molecule has 1 aromatic rings. The van der Waals surface area contributed by atoms with Crippen LogP contribution in [0.5, 0.6) is 0 Å². The Morgan fingerprint density at radius 2 is 1.65 bits per heavy atom. The molecule has 142 valence electrons. The van der Waals surface area contributed by atoms with Crippen LogP contribution in [0.3, 0.4) is 0 Å². The molecule has 2 aliphatic heterocycles. The molecule has 1 aromatic carbocycles. The van der Waals surface area contributed by atoms with Crippen molar-refractivity contribution in [1.29, 1.82) is 0 Å². The zero-order valence-electron chi connectivity index (χ0n) is 14.8. The molecule has 26 heavy (non-hydrogen) atoms. The molecule has 0 saturated carbocycles. The summed E-state index contributed by atoms with van der Waals surface area (Å²) in [6, 6.07) is 4.83. The zero-order chi connectivity index (χ0) is 18.9. The summed E-state index contributed by atoms with van der Waals surface area (Å²) in [6.07, 6.45) is 2.68. The molecule has 1 atom stereocenters. The van der Waals surface area contributed by atoms with Gasteiger partial charge in [0, 0.05) is 25.2 Å². The summed E-state index contributed by atoms with van der Waals surface area (Å²) >= 11 is 0. The Morgan fingerprint density at radius 3 is 2.23 bits per heavy atom. The molecule has 0 bridgehead atoms. The number of carboxylic acids is 1. The van der Waals surface area contributed by atoms with Crippen molar-refractivity contribution in [2.75, 3.05) is 19.6 Å². The maximum absolute atomic E-state index is 12.7. The lowest BCUT2D eigenvalue weighted by molar-refractivity contribution is -0.310. The predicted octanol–water partition coefficient (Wildman–Crippen LogP) is 0.462. The second kappa shape index (κ2) is 7.36. The van der Waals surface area contributed by atoms with Gasteiger partial charge in [0.05, 0.1) is 16.9 Å². The first-order valence-corrected chi connectivity index (χ1v) is 10.4. The van der Waals surface area contributed by atoms with Gasteiger partial charge in [0.1, 0.15) is 0 Å². The highest BCUT2D eigenvalue weighted by Gasteiger charge is 2.31. The second-order valence-corrected chi connectivity index (χ2v) is 9.02. The minimum atomic E-state index is -3.57. The third-order valence-corrected chi connectivity index (χ3v) is 7.18. The van der Waals surface area contributed by atoms with Gasteiger partial charge in [-0.15, -0.1) is 0 Å². The van der Waals surface area contributed by atoms with Crippen LogP contribution in [0.4, 0.5) is 0 Å². The van der Waals surface area contributed by atoms with Gasteiger partial charge in [0.15, 0.2) is 0 Å². The molecular formula is C18H23N2O5S-. The fourth-order valence-corrected chi connectivity index (χ4v) is 5.03. The van der Waals surface area contributed by atoms with Crippen molar-refractivity contribution in [3.63, 3.8) is 0 Å². The standard InChI is InChI=1S/C18H24N2O5S/c1-13-8-11-19(12-9-13)26(24,25)15-6-4-14(5-7-15)17(21)20-10-2-3-16(20)18(22)23/h4-7,13,16H,2-3,8-12H2,1H3,(H,22,23)/p-1/t16-/m1/s1. The smallest absolute Gasteiger partial charge is 0.254 e. The van der Waals surface area contributed by atoms with E-state index >= 15 is 0 Å². The molecule has 0 aliphatic carbocycles. The molecule has 2 aliphatic rings. The number of piperidine rings is 1. The maximum Gasteiger partial charge on any atom is 0.254 e. The number of hydrogen-bond donors (Lipinski definition) is 0. The Kier molecular flexibility index (Phi) is 5.34. The SMILES string of the molecule is CC1CCN(S(=O)(=O)c2ccc(C(=O)N3CCC[C@@H]3C(=O)[O-])cc2)CC1. The van der Waals surface area contributed by atoms with E-state index < -0.39 is 27.9 Å². The summed E-state index contributed by atoms with van der Waals surface area (Å²) in [5.74, 6) is -1.14. The van der Waals surface area contributed by atoms with Crippen LogP contribution in [-0.4, -0.2) is 55.2 Å². The third kappa shape index (κ3) is 3.61. The summed E-state index contributed by atoms with van der Waals surface area (Å²) in [7, 11) is -3.57. The summed E-state index contributed by atoms with van der Waals surface area (Å²) in [5.41, 5.74) is 0.282. The second-order valence-electron chi connectivity index (χ2n) is 7.09. The van der Waals surface area contributed by atoms with Gasteiger partial charge < -0.3 is 14.8 Å². The van der Waals surface area contributed by atoms with Crippen LogP contribution < -0.4 is 5.11 Å². The first kappa shape index (κ1) is 18.8. The van der Waals surface area contributed by atoms with Crippen molar-refractivity contribution in [3.05, 3.63) is 29.8 Å². The number of benzene rings is 1. The normalized spacial score (nSPS) is 22.5. The quantitative estimate of drug-likeness (QED) is 0.757. The Hall–Kier alpha value is -1.93. The number of sulfonamides is 1. The number of aliphatic carboxylic acids is 1. The topological polar surface area (TPSA) is 97.8 Å². The highest BCUT2D eigenvalue weighted by atomic mass is 32.2. The van der Waals surface area contributed by atoms with Crippen LogP contribution in [0.15, 0.2) is 29.2 Å². The summed E-state index contributed by atoms with van der Waals surface area (Å²) in [6.45, 7) is 3.49. The van der Waals surface area contributed by atoms with Gasteiger partial charge in [-0.25, -0.2) is 8.42 Å². The van der Waals surface area contributed by atoms with Gasteiger partial charge >= 0.3 is 0 Å². The van der Waals surface area contributed by atoms with Gasteiger partial charge in [0.25, 0.3) is 5.91 Å². The minimum Gasteiger partial charge on any atom is -0.548 e. The maximum atomic E-state index is 12.7. The van der Waals surface area contributed by atoms with E-state index in [4.69, 9.17) is 0 Å². The number of carboxylic acid groups (broad SMARTS) is 1. The molecule has 7 nitrogen and oxygen atoms in total. The summed E-state index contributed by atoms with van der Waals surface area (Å²) < 4.78 is 26.9. The van der Waals surface area contributed by atoms with Crippen molar-refractivity contribution in [2.45, 2.75) is 43.5 Å². The van der Waals surface area contributed by atoms with Crippen LogP contribution in [0.2, 0.25) is 0 Å². The van der Waals surface area contributed by atoms with E-state index in [0.717, 1.165) is 12.8 Å². The molecule has 0 N–H and O–H groups in total. The lowest BCUT2D eigenvalue weighted by Crippen LogP contribution is -2.47. The van der Waals surface area contributed by atoms with Crippen molar-refractivity contribution in [3.8, 4) is 0 Å². The number of carbonyl (C=O) groups excluding carboxylic acids is 2. The highest BCUT2D eigenvalue weighted by Crippen LogP contribution is 2.25. The van der Waals surface area contributed by atoms with Crippen LogP contribution in [0.1, 0.15) is 43.0 Å². The predicted molar refractivity (Wildman–Crippen MR) is 92.7 cm³/mol. The number of hydrogen-bond acceptors (Lipinski definition) is 5. The molecule has 0 radical (unpaired) electrons. The van der Waals surface area contributed by atoms with Crippen molar-refractivity contribution in [2.24, 2.45) is 5.92 Å². The lowest BCUT2D eigenvalue weighted by atomic mass is 10.0. The van der Waals surface area contributed by atoms with E-state index in [9.17, 15) is 23.1 Å². The summed E-state index contributed by atoms with van der Waals surface area (Å²) in [4.78, 5) is 25.1. The molecule has 2 heterocycles. The number of likely N-dealkylation sites (tertiary alicyclic amines) is 1. The first-order chi connectivity index (χ1) is 12.3.